The molecule has 2 aliphatic heterocycles. The highest BCUT2D eigenvalue weighted by molar-refractivity contribution is 8.11. The number of hydrazine groups is 2. The Kier molecular flexibility index (Phi) is 3.39. The molecule has 0 radical (unpaired) electrons. The second-order valence-corrected chi connectivity index (χ2v) is 10.0. The van der Waals surface area contributed by atoms with Crippen molar-refractivity contribution in [3.05, 3.63) is 35.9 Å². The minimum absolute atomic E-state index is 0.304. The van der Waals surface area contributed by atoms with E-state index in [0.29, 0.717) is 0 Å². The molecule has 0 spiro atoms. The molecule has 1 saturated heterocycles. The number of rotatable bonds is 1. The molecule has 1 fully saturated rings. The minimum atomic E-state index is -2.11. The van der Waals surface area contributed by atoms with Crippen LogP contribution in [0.1, 0.15) is 19.4 Å². The lowest BCUT2D eigenvalue weighted by atomic mass is 10.1. The van der Waals surface area contributed by atoms with Gasteiger partial charge in [-0.1, -0.05) is 30.3 Å². The van der Waals surface area contributed by atoms with Crippen LogP contribution in [0.2, 0.25) is 0 Å². The number of hydrazone groups is 1. The highest BCUT2D eigenvalue weighted by Gasteiger charge is 2.52. The first-order valence-corrected chi connectivity index (χ1v) is 9.49. The van der Waals surface area contributed by atoms with Crippen LogP contribution in [0.15, 0.2) is 35.4 Å². The molecule has 3 rings (SSSR count). The van der Waals surface area contributed by atoms with E-state index in [0.717, 1.165) is 11.4 Å². The maximum absolute atomic E-state index is 5.93. The number of fused-ring (bicyclic) bond motifs is 2. The van der Waals surface area contributed by atoms with Crippen molar-refractivity contribution in [2.75, 3.05) is 21.1 Å². The van der Waals surface area contributed by atoms with Crippen molar-refractivity contribution >= 4 is 24.1 Å². The molecule has 2 heterocycles. The van der Waals surface area contributed by atoms with Gasteiger partial charge in [0.05, 0.1) is 0 Å². The first kappa shape index (κ1) is 14.9. The molecule has 1 aromatic rings. The lowest BCUT2D eigenvalue weighted by Crippen LogP contribution is -2.72. The molecule has 1 aromatic carbocycles. The van der Waals surface area contributed by atoms with Crippen LogP contribution in [-0.2, 0) is 11.8 Å². The van der Waals surface area contributed by atoms with E-state index in [9.17, 15) is 0 Å². The molecule has 0 amide bonds. The Bertz CT molecular complexity index is 631. The Hall–Kier alpha value is -0.980. The van der Waals surface area contributed by atoms with Gasteiger partial charge in [-0.05, 0) is 25.7 Å². The van der Waals surface area contributed by atoms with Gasteiger partial charge in [0.1, 0.15) is 5.66 Å². The molecular formula is C13H21N6PS. The number of hydrogen-bond donors (Lipinski definition) is 1. The summed E-state index contributed by atoms with van der Waals surface area (Å²) in [5.41, 5.74) is 4.28. The van der Waals surface area contributed by atoms with Gasteiger partial charge in [-0.25, -0.2) is 10.2 Å². The minimum Gasteiger partial charge on any atom is -0.260 e. The van der Waals surface area contributed by atoms with Crippen molar-refractivity contribution in [2.24, 2.45) is 5.10 Å². The third-order valence-corrected chi connectivity index (χ3v) is 8.68. The summed E-state index contributed by atoms with van der Waals surface area (Å²) in [5, 5.41) is 6.97. The van der Waals surface area contributed by atoms with Gasteiger partial charge in [0.2, 0.25) is 6.49 Å². The Morgan fingerprint density at radius 3 is 2.38 bits per heavy atom. The Morgan fingerprint density at radius 2 is 1.76 bits per heavy atom. The molecule has 0 saturated carbocycles. The number of nitrogens with zero attached hydrogens (tertiary/aromatic N) is 5. The zero-order chi connectivity index (χ0) is 15.4. The summed E-state index contributed by atoms with van der Waals surface area (Å²) >= 11 is 5.93. The average molecular weight is 324 g/mol. The predicted octanol–water partition coefficient (Wildman–Crippen LogP) is 1.85. The quantitative estimate of drug-likeness (QED) is 0.795. The largest absolute Gasteiger partial charge is 0.260 e. The van der Waals surface area contributed by atoms with Gasteiger partial charge in [-0.3, -0.25) is 5.01 Å². The first-order valence-electron chi connectivity index (χ1n) is 6.83. The predicted molar refractivity (Wildman–Crippen MR) is 89.6 cm³/mol. The molecule has 114 valence electrons. The fraction of sp³-hybridized carbons (Fsp3) is 0.462. The summed E-state index contributed by atoms with van der Waals surface area (Å²) in [6, 6.07) is 10.2. The number of hydrogen-bond acceptors (Lipinski definition) is 4. The van der Waals surface area contributed by atoms with E-state index < -0.39 is 6.49 Å². The van der Waals surface area contributed by atoms with Gasteiger partial charge >= 0.3 is 0 Å². The van der Waals surface area contributed by atoms with Gasteiger partial charge in [-0.2, -0.15) is 14.7 Å². The molecule has 1 unspecified atom stereocenters. The number of nitrogens with one attached hydrogen (secondary N) is 1. The highest BCUT2D eigenvalue weighted by Crippen LogP contribution is 2.60. The van der Waals surface area contributed by atoms with Crippen LogP contribution in [0.4, 0.5) is 0 Å². The number of benzene rings is 1. The smallest absolute Gasteiger partial charge is 0.215 e. The van der Waals surface area contributed by atoms with E-state index in [1.54, 1.807) is 0 Å². The van der Waals surface area contributed by atoms with Crippen LogP contribution in [0.5, 0.6) is 0 Å². The van der Waals surface area contributed by atoms with E-state index in [4.69, 9.17) is 16.9 Å². The third kappa shape index (κ3) is 2.04. The van der Waals surface area contributed by atoms with Crippen LogP contribution in [0.25, 0.3) is 0 Å². The van der Waals surface area contributed by atoms with Gasteiger partial charge in [0, 0.05) is 26.7 Å². The summed E-state index contributed by atoms with van der Waals surface area (Å²) in [6.07, 6.45) is 0. The first-order chi connectivity index (χ1) is 9.78. The zero-order valence-corrected chi connectivity index (χ0v) is 14.7. The standard InChI is InChI=1S/C13H21N6PS/c1-13(2)15-17(4)20(21)16(3)14-12(19(13)18(20)5)11-9-7-6-8-10-11/h6-10,15H,1-5H3. The summed E-state index contributed by atoms with van der Waals surface area (Å²) in [5.74, 6) is 0.909. The van der Waals surface area contributed by atoms with E-state index in [1.807, 2.05) is 48.9 Å². The van der Waals surface area contributed by atoms with Gasteiger partial charge in [0.25, 0.3) is 0 Å². The van der Waals surface area contributed by atoms with Gasteiger partial charge < -0.3 is 0 Å². The lowest BCUT2D eigenvalue weighted by Gasteiger charge is -2.61. The van der Waals surface area contributed by atoms with Crippen molar-refractivity contribution in [1.29, 1.82) is 0 Å². The summed E-state index contributed by atoms with van der Waals surface area (Å²) < 4.78 is 6.11. The fourth-order valence-corrected chi connectivity index (χ4v) is 5.69. The summed E-state index contributed by atoms with van der Waals surface area (Å²) in [4.78, 5) is 0. The van der Waals surface area contributed by atoms with Crippen molar-refractivity contribution in [2.45, 2.75) is 19.5 Å². The molecule has 1 atom stereocenters. The molecule has 2 bridgehead atoms. The van der Waals surface area contributed by atoms with Crippen molar-refractivity contribution in [3.8, 4) is 0 Å². The Morgan fingerprint density at radius 1 is 1.14 bits per heavy atom. The highest BCUT2D eigenvalue weighted by atomic mass is 32.4. The van der Waals surface area contributed by atoms with E-state index >= 15 is 0 Å². The molecule has 1 N–H and O–H groups in total. The molecule has 6 nitrogen and oxygen atoms in total. The van der Waals surface area contributed by atoms with E-state index in [-0.39, 0.29) is 5.66 Å². The summed E-state index contributed by atoms with van der Waals surface area (Å²) in [6.45, 7) is 2.14. The zero-order valence-electron chi connectivity index (χ0n) is 13.0. The average Bonchev–Trinajstić information content (AvgIpc) is 2.43. The van der Waals surface area contributed by atoms with Crippen LogP contribution < -0.4 is 5.43 Å². The normalized spacial score (nSPS) is 29.5. The molecule has 0 aromatic heterocycles. The van der Waals surface area contributed by atoms with Crippen LogP contribution >= 0.6 is 6.49 Å². The third-order valence-electron chi connectivity index (χ3n) is 3.87. The monoisotopic (exact) mass is 324 g/mol. The van der Waals surface area contributed by atoms with E-state index in [2.05, 4.69) is 41.2 Å². The van der Waals surface area contributed by atoms with Crippen LogP contribution in [0.3, 0.4) is 0 Å². The molecular weight excluding hydrogens is 303 g/mol. The van der Waals surface area contributed by atoms with E-state index in [1.165, 1.54) is 0 Å². The van der Waals surface area contributed by atoms with Gasteiger partial charge in [0.15, 0.2) is 5.84 Å². The Balaban J connectivity index is 2.19. The maximum Gasteiger partial charge on any atom is 0.215 e. The summed E-state index contributed by atoms with van der Waals surface area (Å²) in [7, 11) is 6.00. The molecule has 8 heteroatoms. The van der Waals surface area contributed by atoms with Crippen molar-refractivity contribution in [3.63, 3.8) is 0 Å². The Labute approximate surface area is 131 Å². The van der Waals surface area contributed by atoms with Crippen molar-refractivity contribution in [1.82, 2.24) is 24.8 Å². The van der Waals surface area contributed by atoms with Crippen LogP contribution in [0, 0.1) is 0 Å². The lowest BCUT2D eigenvalue weighted by molar-refractivity contribution is -0.0380. The van der Waals surface area contributed by atoms with Gasteiger partial charge in [-0.15, -0.1) is 0 Å². The van der Waals surface area contributed by atoms with Crippen LogP contribution in [-0.4, -0.2) is 52.0 Å². The fourth-order valence-electron chi connectivity index (χ4n) is 2.97. The molecule has 21 heavy (non-hydrogen) atoms. The second kappa shape index (κ2) is 4.76. The topological polar surface area (TPSA) is 37.4 Å². The molecule has 0 aliphatic carbocycles. The second-order valence-electron chi connectivity index (χ2n) is 5.79. The number of amidine groups is 1. The molecule has 2 aliphatic rings. The maximum atomic E-state index is 5.93. The SMILES string of the molecule is CN1N=C(c2ccccc2)N2N(C)P1(=S)N(C)NC2(C)C. The van der Waals surface area contributed by atoms with Crippen molar-refractivity contribution < 1.29 is 0 Å².